The second-order valence-electron chi connectivity index (χ2n) is 3.98. The molecule has 0 aromatic carbocycles. The number of aromatic nitrogens is 2. The Morgan fingerprint density at radius 3 is 2.94 bits per heavy atom. The fourth-order valence-electron chi connectivity index (χ4n) is 1.81. The largest absolute Gasteiger partial charge is 0.388 e. The Bertz CT molecular complexity index is 534. The lowest BCUT2D eigenvalue weighted by Gasteiger charge is -2.16. The van der Waals surface area contributed by atoms with Crippen LogP contribution in [0.3, 0.4) is 0 Å². The molecule has 1 aromatic heterocycles. The molecule has 4 atom stereocenters. The predicted octanol–water partition coefficient (Wildman–Crippen LogP) is -0.622. The Morgan fingerprint density at radius 1 is 1.67 bits per heavy atom. The maximum Gasteiger partial charge on any atom is 0.351 e. The number of rotatable bonds is 2. The minimum atomic E-state index is -1.21. The van der Waals surface area contributed by atoms with Gasteiger partial charge in [0.2, 0.25) is 0 Å². The van der Waals surface area contributed by atoms with Crippen LogP contribution in [0.5, 0.6) is 0 Å². The van der Waals surface area contributed by atoms with Gasteiger partial charge < -0.3 is 15.6 Å². The van der Waals surface area contributed by atoms with Gasteiger partial charge in [0.1, 0.15) is 6.10 Å². The Balaban J connectivity index is 2.46. The molecule has 0 spiro atoms. The van der Waals surface area contributed by atoms with Crippen LogP contribution < -0.4 is 11.4 Å². The van der Waals surface area contributed by atoms with Crippen LogP contribution in [0.15, 0.2) is 16.2 Å². The third-order valence-electron chi connectivity index (χ3n) is 2.81. The van der Waals surface area contributed by atoms with Gasteiger partial charge >= 0.3 is 5.69 Å². The third-order valence-corrected chi connectivity index (χ3v) is 2.81. The Hall–Kier alpha value is -1.87. The van der Waals surface area contributed by atoms with Crippen molar-refractivity contribution in [3.63, 3.8) is 0 Å². The molecular weight excluding hydrogens is 247 g/mol. The Labute approximate surface area is 100 Å². The average Bonchev–Trinajstić information content (AvgIpc) is 2.60. The number of nitrogen functional groups attached to an aromatic ring is 1. The molecule has 0 amide bonds. The van der Waals surface area contributed by atoms with Gasteiger partial charge in [-0.05, 0) is 6.92 Å². The number of nitrogens with zero attached hydrogens (tertiary/aromatic N) is 3. The molecule has 8 nitrogen and oxygen atoms in total. The van der Waals surface area contributed by atoms with E-state index in [-0.39, 0.29) is 0 Å². The number of ether oxygens (including phenoxy) is 1. The number of halogens is 1. The SMILES string of the molecule is C[C@H]1O[C@@H](n2cc(F)c(N)nc2=O)[C@H](N=O)[C@@H]1O. The topological polar surface area (TPSA) is 120 Å². The molecule has 0 bridgehead atoms. The lowest BCUT2D eigenvalue weighted by Crippen LogP contribution is -2.34. The molecule has 0 aliphatic carbocycles. The van der Waals surface area contributed by atoms with Crippen LogP contribution in [0.2, 0.25) is 0 Å². The number of nitrogens with two attached hydrogens (primary N) is 1. The monoisotopic (exact) mass is 258 g/mol. The maximum absolute atomic E-state index is 13.3. The molecule has 1 saturated heterocycles. The predicted molar refractivity (Wildman–Crippen MR) is 58.0 cm³/mol. The van der Waals surface area contributed by atoms with E-state index in [9.17, 15) is 19.2 Å². The minimum Gasteiger partial charge on any atom is -0.388 e. The zero-order valence-electron chi connectivity index (χ0n) is 9.36. The van der Waals surface area contributed by atoms with E-state index >= 15 is 0 Å². The van der Waals surface area contributed by atoms with Crippen LogP contribution in [0.4, 0.5) is 10.2 Å². The Kier molecular flexibility index (Phi) is 3.09. The fourth-order valence-corrected chi connectivity index (χ4v) is 1.81. The van der Waals surface area contributed by atoms with Gasteiger partial charge in [-0.1, -0.05) is 5.18 Å². The highest BCUT2D eigenvalue weighted by atomic mass is 19.1. The number of hydrogen-bond donors (Lipinski definition) is 2. The summed E-state index contributed by atoms with van der Waals surface area (Å²) in [6.07, 6.45) is -2.29. The lowest BCUT2D eigenvalue weighted by molar-refractivity contribution is -0.0117. The Morgan fingerprint density at radius 2 is 2.33 bits per heavy atom. The van der Waals surface area contributed by atoms with Gasteiger partial charge in [-0.2, -0.15) is 9.89 Å². The maximum atomic E-state index is 13.3. The molecule has 18 heavy (non-hydrogen) atoms. The second-order valence-corrected chi connectivity index (χ2v) is 3.98. The summed E-state index contributed by atoms with van der Waals surface area (Å²) in [7, 11) is 0. The molecule has 9 heteroatoms. The first kappa shape index (κ1) is 12.6. The van der Waals surface area contributed by atoms with Crippen molar-refractivity contribution in [2.24, 2.45) is 5.18 Å². The van der Waals surface area contributed by atoms with Crippen LogP contribution in [-0.4, -0.2) is 32.9 Å². The summed E-state index contributed by atoms with van der Waals surface area (Å²) in [5.41, 5.74) is 4.25. The average molecular weight is 258 g/mol. The van der Waals surface area contributed by atoms with Gasteiger partial charge in [-0.25, -0.2) is 9.18 Å². The number of hydrogen-bond acceptors (Lipinski definition) is 7. The molecule has 2 rings (SSSR count). The molecule has 0 radical (unpaired) electrons. The third kappa shape index (κ3) is 1.87. The van der Waals surface area contributed by atoms with Crippen molar-refractivity contribution in [1.82, 2.24) is 9.55 Å². The highest BCUT2D eigenvalue weighted by Crippen LogP contribution is 2.30. The van der Waals surface area contributed by atoms with Crippen molar-refractivity contribution in [1.29, 1.82) is 0 Å². The zero-order chi connectivity index (χ0) is 13.4. The van der Waals surface area contributed by atoms with Crippen LogP contribution >= 0.6 is 0 Å². The smallest absolute Gasteiger partial charge is 0.351 e. The summed E-state index contributed by atoms with van der Waals surface area (Å²) in [5.74, 6) is -1.46. The second kappa shape index (κ2) is 4.42. The highest BCUT2D eigenvalue weighted by Gasteiger charge is 2.44. The quantitative estimate of drug-likeness (QED) is 0.682. The molecule has 1 aromatic rings. The molecular formula is C9H11FN4O4. The molecule has 3 N–H and O–H groups in total. The van der Waals surface area contributed by atoms with Crippen LogP contribution in [0.25, 0.3) is 0 Å². The van der Waals surface area contributed by atoms with E-state index in [1.54, 1.807) is 0 Å². The van der Waals surface area contributed by atoms with Gasteiger partial charge in [-0.3, -0.25) is 4.57 Å². The fraction of sp³-hybridized carbons (Fsp3) is 0.556. The minimum absolute atomic E-state index is 0.543. The van der Waals surface area contributed by atoms with E-state index in [0.29, 0.717) is 0 Å². The van der Waals surface area contributed by atoms with E-state index in [0.717, 1.165) is 10.8 Å². The van der Waals surface area contributed by atoms with Gasteiger partial charge in [-0.15, -0.1) is 0 Å². The van der Waals surface area contributed by atoms with Gasteiger partial charge in [0, 0.05) is 0 Å². The summed E-state index contributed by atoms with van der Waals surface area (Å²) in [5, 5.41) is 12.3. The normalized spacial score (nSPS) is 31.5. The summed E-state index contributed by atoms with van der Waals surface area (Å²) in [6, 6.07) is -1.21. The van der Waals surface area contributed by atoms with E-state index in [1.165, 1.54) is 6.92 Å². The standard InChI is InChI=1S/C9H11FN4O4/c1-3-6(15)5(13-17)8(18-3)14-2-4(10)7(11)12-9(14)16/h2-3,5-6,8,15H,1H3,(H2,11,12,16)/t3-,5-,6-,8-/m1/s1. The van der Waals surface area contributed by atoms with Crippen molar-refractivity contribution in [3.05, 3.63) is 27.4 Å². The zero-order valence-corrected chi connectivity index (χ0v) is 9.36. The summed E-state index contributed by atoms with van der Waals surface area (Å²) < 4.78 is 19.2. The summed E-state index contributed by atoms with van der Waals surface area (Å²) in [4.78, 5) is 25.5. The van der Waals surface area contributed by atoms with Crippen LogP contribution in [0, 0.1) is 10.7 Å². The number of nitroso groups, excluding NO2 is 1. The van der Waals surface area contributed by atoms with Crippen molar-refractivity contribution in [2.45, 2.75) is 31.4 Å². The van der Waals surface area contributed by atoms with Crippen molar-refractivity contribution in [3.8, 4) is 0 Å². The van der Waals surface area contributed by atoms with Crippen molar-refractivity contribution < 1.29 is 14.2 Å². The van der Waals surface area contributed by atoms with Crippen LogP contribution in [0.1, 0.15) is 13.2 Å². The van der Waals surface area contributed by atoms with E-state index in [2.05, 4.69) is 10.2 Å². The summed E-state index contributed by atoms with van der Waals surface area (Å²) in [6.45, 7) is 1.51. The van der Waals surface area contributed by atoms with E-state index in [1.807, 2.05) is 0 Å². The van der Waals surface area contributed by atoms with E-state index < -0.39 is 41.8 Å². The van der Waals surface area contributed by atoms with Gasteiger partial charge in [0.15, 0.2) is 23.9 Å². The van der Waals surface area contributed by atoms with Gasteiger partial charge in [0.05, 0.1) is 12.3 Å². The van der Waals surface area contributed by atoms with Crippen LogP contribution in [-0.2, 0) is 4.74 Å². The first-order valence-electron chi connectivity index (χ1n) is 5.16. The highest BCUT2D eigenvalue weighted by molar-refractivity contribution is 5.26. The first-order valence-corrected chi connectivity index (χ1v) is 5.16. The molecule has 1 fully saturated rings. The van der Waals surface area contributed by atoms with Crippen molar-refractivity contribution in [2.75, 3.05) is 5.73 Å². The molecule has 1 aliphatic heterocycles. The summed E-state index contributed by atoms with van der Waals surface area (Å²) >= 11 is 0. The number of anilines is 1. The molecule has 0 unspecified atom stereocenters. The molecule has 0 saturated carbocycles. The molecule has 2 heterocycles. The lowest BCUT2D eigenvalue weighted by atomic mass is 10.1. The molecule has 98 valence electrons. The molecule has 1 aliphatic rings. The van der Waals surface area contributed by atoms with Gasteiger partial charge in [0.25, 0.3) is 0 Å². The number of aliphatic hydroxyl groups excluding tert-OH is 1. The first-order chi connectivity index (χ1) is 8.45. The van der Waals surface area contributed by atoms with Crippen molar-refractivity contribution >= 4 is 5.82 Å². The van der Waals surface area contributed by atoms with E-state index in [4.69, 9.17) is 10.5 Å². The number of aliphatic hydroxyl groups is 1.